The molecule has 0 saturated heterocycles. The maximum absolute atomic E-state index is 12.5. The monoisotopic (exact) mass is 333 g/mol. The number of aryl methyl sites for hydroxylation is 1. The molecule has 24 heavy (non-hydrogen) atoms. The molecule has 0 aliphatic carbocycles. The fourth-order valence-corrected chi connectivity index (χ4v) is 2.35. The van der Waals surface area contributed by atoms with Crippen LogP contribution in [0.25, 0.3) is 5.65 Å². The Morgan fingerprint density at radius 2 is 1.83 bits per heavy atom. The third-order valence-corrected chi connectivity index (χ3v) is 3.57. The van der Waals surface area contributed by atoms with Crippen molar-refractivity contribution in [3.63, 3.8) is 0 Å². The van der Waals surface area contributed by atoms with Crippen LogP contribution in [0.3, 0.4) is 0 Å². The van der Waals surface area contributed by atoms with Gasteiger partial charge in [0.1, 0.15) is 5.65 Å². The summed E-state index contributed by atoms with van der Waals surface area (Å²) in [6.07, 6.45) is -0.889. The number of nitrogens with zero attached hydrogens (tertiary/aromatic N) is 2. The minimum atomic E-state index is -4.36. The Morgan fingerprint density at radius 1 is 1.12 bits per heavy atom. The van der Waals surface area contributed by atoms with Gasteiger partial charge in [-0.15, -0.1) is 0 Å². The van der Waals surface area contributed by atoms with E-state index in [2.05, 4.69) is 10.3 Å². The van der Waals surface area contributed by atoms with Crippen LogP contribution in [0.2, 0.25) is 0 Å². The summed E-state index contributed by atoms with van der Waals surface area (Å²) in [5.74, 6) is -0.303. The summed E-state index contributed by atoms with van der Waals surface area (Å²) in [6, 6.07) is 8.10. The minimum absolute atomic E-state index is 0.151. The van der Waals surface area contributed by atoms with Gasteiger partial charge in [0.15, 0.2) is 0 Å². The molecule has 3 aromatic rings. The van der Waals surface area contributed by atoms with Crippen molar-refractivity contribution in [1.29, 1.82) is 0 Å². The molecule has 4 nitrogen and oxygen atoms in total. The molecule has 0 fully saturated rings. The first-order valence-corrected chi connectivity index (χ1v) is 7.22. The van der Waals surface area contributed by atoms with Gasteiger partial charge in [-0.25, -0.2) is 4.98 Å². The Kier molecular flexibility index (Phi) is 4.01. The third-order valence-electron chi connectivity index (χ3n) is 3.57. The normalized spacial score (nSPS) is 11.7. The zero-order valence-corrected chi connectivity index (χ0v) is 12.8. The van der Waals surface area contributed by atoms with Crippen LogP contribution in [0.5, 0.6) is 0 Å². The average molecular weight is 333 g/mol. The third kappa shape index (κ3) is 3.40. The summed E-state index contributed by atoms with van der Waals surface area (Å²) in [6.45, 7) is 2.01. The van der Waals surface area contributed by atoms with Gasteiger partial charge in [-0.2, -0.15) is 13.2 Å². The van der Waals surface area contributed by atoms with Crippen LogP contribution < -0.4 is 5.32 Å². The molecule has 1 N–H and O–H groups in total. The summed E-state index contributed by atoms with van der Waals surface area (Å²) in [5, 5.41) is 2.69. The zero-order chi connectivity index (χ0) is 17.3. The van der Waals surface area contributed by atoms with Crippen molar-refractivity contribution in [1.82, 2.24) is 14.7 Å². The highest BCUT2D eigenvalue weighted by atomic mass is 19.4. The van der Waals surface area contributed by atoms with E-state index in [9.17, 15) is 18.0 Å². The van der Waals surface area contributed by atoms with Crippen LogP contribution >= 0.6 is 0 Å². The van der Waals surface area contributed by atoms with Gasteiger partial charge in [-0.3, -0.25) is 4.79 Å². The van der Waals surface area contributed by atoms with Crippen LogP contribution in [-0.4, -0.2) is 15.3 Å². The number of hydrogen-bond acceptors (Lipinski definition) is 2. The number of carbonyl (C=O) groups excluding carboxylic acids is 1. The first kappa shape index (κ1) is 16.0. The van der Waals surface area contributed by atoms with Crippen molar-refractivity contribution >= 4 is 11.6 Å². The summed E-state index contributed by atoms with van der Waals surface area (Å²) in [7, 11) is 0. The van der Waals surface area contributed by atoms with E-state index < -0.39 is 11.7 Å². The Hall–Kier alpha value is -2.83. The molecule has 0 aliphatic rings. The molecule has 1 amide bonds. The molecule has 0 unspecified atom stereocenters. The van der Waals surface area contributed by atoms with Crippen molar-refractivity contribution in [3.8, 4) is 0 Å². The Balaban J connectivity index is 1.68. The number of benzene rings is 1. The van der Waals surface area contributed by atoms with Gasteiger partial charge in [0, 0.05) is 18.9 Å². The second-order valence-electron chi connectivity index (χ2n) is 5.44. The molecule has 7 heteroatoms. The van der Waals surface area contributed by atoms with Crippen LogP contribution in [0, 0.1) is 6.92 Å². The maximum Gasteiger partial charge on any atom is 0.416 e. The summed E-state index contributed by atoms with van der Waals surface area (Å²) >= 11 is 0. The van der Waals surface area contributed by atoms with Gasteiger partial charge in [0.2, 0.25) is 0 Å². The molecule has 0 spiro atoms. The van der Waals surface area contributed by atoms with Crippen molar-refractivity contribution in [2.75, 3.05) is 0 Å². The lowest BCUT2D eigenvalue weighted by molar-refractivity contribution is -0.137. The number of alkyl halides is 3. The molecule has 2 aromatic heterocycles. The number of aromatic nitrogens is 2. The van der Waals surface area contributed by atoms with Gasteiger partial charge in [-0.05, 0) is 36.8 Å². The van der Waals surface area contributed by atoms with Crippen molar-refractivity contribution in [2.45, 2.75) is 19.6 Å². The first-order valence-electron chi connectivity index (χ1n) is 7.22. The number of carbonyl (C=O) groups is 1. The van der Waals surface area contributed by atoms with Gasteiger partial charge in [0.05, 0.1) is 16.8 Å². The highest BCUT2D eigenvalue weighted by Gasteiger charge is 2.29. The first-order chi connectivity index (χ1) is 11.3. The zero-order valence-electron chi connectivity index (χ0n) is 12.8. The molecule has 1 aromatic carbocycles. The highest BCUT2D eigenvalue weighted by Crippen LogP contribution is 2.29. The van der Waals surface area contributed by atoms with Gasteiger partial charge < -0.3 is 9.72 Å². The second-order valence-corrected chi connectivity index (χ2v) is 5.44. The van der Waals surface area contributed by atoms with E-state index in [1.165, 1.54) is 12.1 Å². The highest BCUT2D eigenvalue weighted by molar-refractivity contribution is 5.94. The number of hydrogen-bond donors (Lipinski definition) is 1. The number of fused-ring (bicyclic) bond motifs is 1. The summed E-state index contributed by atoms with van der Waals surface area (Å²) < 4.78 is 39.3. The predicted octanol–water partition coefficient (Wildman–Crippen LogP) is 3.59. The Labute approximate surface area is 135 Å². The number of nitrogens with one attached hydrogen (secondary N) is 1. The van der Waals surface area contributed by atoms with E-state index in [-0.39, 0.29) is 12.5 Å². The predicted molar refractivity (Wildman–Crippen MR) is 82.5 cm³/mol. The molecule has 2 heterocycles. The van der Waals surface area contributed by atoms with Crippen LogP contribution in [0.1, 0.15) is 27.2 Å². The molecule has 0 aliphatic heterocycles. The molecule has 124 valence electrons. The maximum atomic E-state index is 12.5. The van der Waals surface area contributed by atoms with E-state index >= 15 is 0 Å². The van der Waals surface area contributed by atoms with Gasteiger partial charge >= 0.3 is 6.18 Å². The number of halogens is 3. The van der Waals surface area contributed by atoms with Crippen LogP contribution in [-0.2, 0) is 12.7 Å². The molecule has 0 bridgehead atoms. The number of amides is 1. The SMILES string of the molecule is Cc1cn2cc(C(=O)NCc3ccc(C(F)(F)F)cc3)ccc2n1. The largest absolute Gasteiger partial charge is 0.416 e. The number of imidazole rings is 1. The average Bonchev–Trinajstić information content (AvgIpc) is 2.91. The second kappa shape index (κ2) is 5.99. The fourth-order valence-electron chi connectivity index (χ4n) is 2.35. The van der Waals surface area contributed by atoms with E-state index in [1.807, 2.05) is 13.1 Å². The lowest BCUT2D eigenvalue weighted by Crippen LogP contribution is -2.23. The quantitative estimate of drug-likeness (QED) is 0.796. The van der Waals surface area contributed by atoms with Crippen LogP contribution in [0.15, 0.2) is 48.8 Å². The smallest absolute Gasteiger partial charge is 0.348 e. The van der Waals surface area contributed by atoms with Gasteiger partial charge in [0.25, 0.3) is 5.91 Å². The Bertz CT molecular complexity index is 882. The molecular weight excluding hydrogens is 319 g/mol. The lowest BCUT2D eigenvalue weighted by atomic mass is 10.1. The van der Waals surface area contributed by atoms with E-state index in [0.717, 1.165) is 23.5 Å². The molecule has 0 saturated carbocycles. The number of pyridine rings is 1. The van der Waals surface area contributed by atoms with Crippen molar-refractivity contribution < 1.29 is 18.0 Å². The fraction of sp³-hybridized carbons (Fsp3) is 0.176. The van der Waals surface area contributed by atoms with E-state index in [1.54, 1.807) is 22.7 Å². The van der Waals surface area contributed by atoms with Crippen molar-refractivity contribution in [3.05, 3.63) is 71.2 Å². The summed E-state index contributed by atoms with van der Waals surface area (Å²) in [5.41, 5.74) is 1.92. The number of rotatable bonds is 3. The minimum Gasteiger partial charge on any atom is -0.348 e. The standard InChI is InChI=1S/C17H14F3N3O/c1-11-9-23-10-13(4-7-15(23)22-11)16(24)21-8-12-2-5-14(6-3-12)17(18,19)20/h2-7,9-10H,8H2,1H3,(H,21,24). The summed E-state index contributed by atoms with van der Waals surface area (Å²) in [4.78, 5) is 16.4. The molecule has 0 radical (unpaired) electrons. The van der Waals surface area contributed by atoms with Gasteiger partial charge in [-0.1, -0.05) is 12.1 Å². The van der Waals surface area contributed by atoms with E-state index in [4.69, 9.17) is 0 Å². The molecule has 0 atom stereocenters. The van der Waals surface area contributed by atoms with E-state index in [0.29, 0.717) is 11.1 Å². The molecule has 3 rings (SSSR count). The topological polar surface area (TPSA) is 46.4 Å². The Morgan fingerprint density at radius 3 is 2.50 bits per heavy atom. The van der Waals surface area contributed by atoms with Crippen molar-refractivity contribution in [2.24, 2.45) is 0 Å². The lowest BCUT2D eigenvalue weighted by Gasteiger charge is -2.09. The van der Waals surface area contributed by atoms with Crippen LogP contribution in [0.4, 0.5) is 13.2 Å². The molecular formula is C17H14F3N3O.